The lowest BCUT2D eigenvalue weighted by atomic mass is 10.5. The molecule has 13 heavy (non-hydrogen) atoms. The second-order valence-electron chi connectivity index (χ2n) is 2.00. The molecule has 0 aliphatic carbocycles. The van der Waals surface area contributed by atoms with E-state index in [4.69, 9.17) is 0 Å². The quantitative estimate of drug-likeness (QED) is 0.628. The summed E-state index contributed by atoms with van der Waals surface area (Å²) in [6.45, 7) is 3.27. The molecule has 6 nitrogen and oxygen atoms in total. The van der Waals surface area contributed by atoms with Gasteiger partial charge >= 0.3 is 16.6 Å². The summed E-state index contributed by atoms with van der Waals surface area (Å²) in [4.78, 5) is 10.5. The number of rotatable bonds is 5. The number of carbonyl (C=O) groups excluding carboxylic acids is 1. The molecule has 0 atom stereocenters. The van der Waals surface area contributed by atoms with E-state index in [0.717, 1.165) is 0 Å². The van der Waals surface area contributed by atoms with Gasteiger partial charge in [0.05, 0.1) is 13.2 Å². The second-order valence-corrected chi connectivity index (χ2v) is 3.22. The lowest BCUT2D eigenvalue weighted by molar-refractivity contribution is 0.0978. The summed E-state index contributed by atoms with van der Waals surface area (Å²) in [7, 11) is -4.24. The van der Waals surface area contributed by atoms with E-state index in [2.05, 4.69) is 13.1 Å². The fraction of sp³-hybridized carbons (Fsp3) is 0.833. The van der Waals surface area contributed by atoms with Gasteiger partial charge in [-0.2, -0.15) is 8.42 Å². The van der Waals surface area contributed by atoms with E-state index < -0.39 is 16.6 Å². The minimum Gasteiger partial charge on any atom is -0.434 e. The first kappa shape index (κ1) is 12.2. The van der Waals surface area contributed by atoms with Crippen molar-refractivity contribution in [2.75, 3.05) is 13.2 Å². The van der Waals surface area contributed by atoms with Gasteiger partial charge in [0.2, 0.25) is 0 Å². The number of hydrogen-bond acceptors (Lipinski definition) is 6. The molecule has 0 radical (unpaired) electrons. The van der Waals surface area contributed by atoms with Gasteiger partial charge < -0.3 is 4.74 Å². The highest BCUT2D eigenvalue weighted by atomic mass is 32.3. The van der Waals surface area contributed by atoms with Crippen molar-refractivity contribution in [1.29, 1.82) is 0 Å². The van der Waals surface area contributed by atoms with Gasteiger partial charge in [-0.05, 0) is 13.3 Å². The average Bonchev–Trinajstić information content (AvgIpc) is 2.00. The molecule has 0 aliphatic rings. The van der Waals surface area contributed by atoms with Crippen LogP contribution in [0.15, 0.2) is 0 Å². The molecule has 0 fully saturated rings. The molecule has 0 heterocycles. The zero-order chi connectivity index (χ0) is 10.3. The number of carbonyl (C=O) groups is 1. The summed E-state index contributed by atoms with van der Waals surface area (Å²) in [5, 5.41) is 0. The van der Waals surface area contributed by atoms with E-state index >= 15 is 0 Å². The van der Waals surface area contributed by atoms with Crippen molar-refractivity contribution < 1.29 is 26.3 Å². The summed E-state index contributed by atoms with van der Waals surface area (Å²) in [5.74, 6) is 0. The first-order valence-corrected chi connectivity index (χ1v) is 5.10. The molecule has 0 N–H and O–H groups in total. The highest BCUT2D eigenvalue weighted by molar-refractivity contribution is 7.82. The Labute approximate surface area is 77.1 Å². The largest absolute Gasteiger partial charge is 0.525 e. The molecule has 0 rings (SSSR count). The lowest BCUT2D eigenvalue weighted by Crippen LogP contribution is -2.17. The van der Waals surface area contributed by atoms with Crippen molar-refractivity contribution in [3.05, 3.63) is 0 Å². The number of hydrogen-bond donors (Lipinski definition) is 0. The molecule has 0 amide bonds. The molecule has 7 heteroatoms. The Bertz CT molecular complexity index is 244. The standard InChI is InChI=1S/C6H12O6S/c1-3-5-11-13(8,9)12-6(7)10-4-2/h3-5H2,1-2H3. The van der Waals surface area contributed by atoms with Crippen LogP contribution in [0.3, 0.4) is 0 Å². The van der Waals surface area contributed by atoms with E-state index in [0.29, 0.717) is 6.42 Å². The minimum atomic E-state index is -4.24. The second kappa shape index (κ2) is 5.76. The molecular weight excluding hydrogens is 200 g/mol. The molecule has 78 valence electrons. The van der Waals surface area contributed by atoms with Gasteiger partial charge in [-0.1, -0.05) is 6.92 Å². The van der Waals surface area contributed by atoms with Crippen LogP contribution in [0.5, 0.6) is 0 Å². The van der Waals surface area contributed by atoms with Crippen molar-refractivity contribution in [3.63, 3.8) is 0 Å². The third-order valence-electron chi connectivity index (χ3n) is 0.864. The molecule has 0 aromatic heterocycles. The minimum absolute atomic E-state index is 0.0261. The zero-order valence-corrected chi connectivity index (χ0v) is 8.30. The Hall–Kier alpha value is -0.820. The SMILES string of the molecule is CCCOS(=O)(=O)OC(=O)OCC. The van der Waals surface area contributed by atoms with Crippen molar-refractivity contribution in [2.24, 2.45) is 0 Å². The summed E-state index contributed by atoms with van der Waals surface area (Å²) >= 11 is 0. The maximum absolute atomic E-state index is 10.7. The van der Waals surface area contributed by atoms with Crippen molar-refractivity contribution in [3.8, 4) is 0 Å². The first-order valence-electron chi connectivity index (χ1n) is 3.77. The molecule has 0 spiro atoms. The molecule has 0 aliphatic heterocycles. The highest BCUT2D eigenvalue weighted by Gasteiger charge is 2.18. The van der Waals surface area contributed by atoms with E-state index in [1.54, 1.807) is 6.92 Å². The summed E-state index contributed by atoms with van der Waals surface area (Å²) in [6.07, 6.45) is -0.774. The van der Waals surface area contributed by atoms with Crippen molar-refractivity contribution in [1.82, 2.24) is 0 Å². The van der Waals surface area contributed by atoms with Gasteiger partial charge in [-0.25, -0.2) is 8.98 Å². The van der Waals surface area contributed by atoms with Gasteiger partial charge in [0.15, 0.2) is 0 Å². The van der Waals surface area contributed by atoms with Gasteiger partial charge in [0.25, 0.3) is 0 Å². The Morgan fingerprint density at radius 2 is 1.92 bits per heavy atom. The van der Waals surface area contributed by atoms with Crippen LogP contribution in [0, 0.1) is 0 Å². The topological polar surface area (TPSA) is 78.9 Å². The molecule has 0 bridgehead atoms. The summed E-state index contributed by atoms with van der Waals surface area (Å²) < 4.78 is 33.8. The van der Waals surface area contributed by atoms with Gasteiger partial charge in [-0.3, -0.25) is 4.18 Å². The summed E-state index contributed by atoms with van der Waals surface area (Å²) in [6, 6.07) is 0. The first-order chi connectivity index (χ1) is 6.02. The molecule has 0 saturated carbocycles. The van der Waals surface area contributed by atoms with E-state index in [9.17, 15) is 13.2 Å². The third-order valence-corrected chi connectivity index (χ3v) is 1.66. The normalized spacial score (nSPS) is 10.9. The lowest BCUT2D eigenvalue weighted by Gasteiger charge is -2.03. The maximum Gasteiger partial charge on any atom is 0.525 e. The predicted molar refractivity (Wildman–Crippen MR) is 43.3 cm³/mol. The van der Waals surface area contributed by atoms with E-state index in [1.807, 2.05) is 0 Å². The van der Waals surface area contributed by atoms with Crippen LogP contribution in [-0.2, 0) is 23.5 Å². The zero-order valence-electron chi connectivity index (χ0n) is 7.48. The Morgan fingerprint density at radius 1 is 1.31 bits per heavy atom. The molecular formula is C6H12O6S. The van der Waals surface area contributed by atoms with Crippen LogP contribution < -0.4 is 0 Å². The van der Waals surface area contributed by atoms with Gasteiger partial charge in [0, 0.05) is 0 Å². The van der Waals surface area contributed by atoms with Crippen molar-refractivity contribution >= 4 is 16.6 Å². The molecule has 0 aromatic rings. The van der Waals surface area contributed by atoms with Gasteiger partial charge in [-0.15, -0.1) is 0 Å². The fourth-order valence-electron chi connectivity index (χ4n) is 0.435. The summed E-state index contributed by atoms with van der Waals surface area (Å²) in [5.41, 5.74) is 0. The highest BCUT2D eigenvalue weighted by Crippen LogP contribution is 1.99. The van der Waals surface area contributed by atoms with E-state index in [1.165, 1.54) is 6.92 Å². The van der Waals surface area contributed by atoms with Crippen LogP contribution in [0.2, 0.25) is 0 Å². The van der Waals surface area contributed by atoms with Gasteiger partial charge in [0.1, 0.15) is 0 Å². The van der Waals surface area contributed by atoms with Crippen LogP contribution >= 0.6 is 0 Å². The smallest absolute Gasteiger partial charge is 0.434 e. The Balaban J connectivity index is 3.95. The molecule has 0 aromatic carbocycles. The number of ether oxygens (including phenoxy) is 1. The average molecular weight is 212 g/mol. The monoisotopic (exact) mass is 212 g/mol. The van der Waals surface area contributed by atoms with E-state index in [-0.39, 0.29) is 13.2 Å². The maximum atomic E-state index is 10.7. The van der Waals surface area contributed by atoms with Crippen LogP contribution in [0.1, 0.15) is 20.3 Å². The van der Waals surface area contributed by atoms with Crippen LogP contribution in [-0.4, -0.2) is 27.8 Å². The Morgan fingerprint density at radius 3 is 2.38 bits per heavy atom. The molecule has 0 saturated heterocycles. The van der Waals surface area contributed by atoms with Crippen LogP contribution in [0.25, 0.3) is 0 Å². The predicted octanol–water partition coefficient (Wildman–Crippen LogP) is 0.831. The fourth-order valence-corrected chi connectivity index (χ4v) is 1.07. The van der Waals surface area contributed by atoms with Crippen LogP contribution in [0.4, 0.5) is 4.79 Å². The van der Waals surface area contributed by atoms with Crippen molar-refractivity contribution in [2.45, 2.75) is 20.3 Å². The third kappa shape index (κ3) is 6.35. The Kier molecular flexibility index (Phi) is 5.40. The molecule has 0 unspecified atom stereocenters.